The van der Waals surface area contributed by atoms with Crippen molar-refractivity contribution in [1.82, 2.24) is 9.82 Å². The van der Waals surface area contributed by atoms with E-state index >= 15 is 0 Å². The van der Waals surface area contributed by atoms with E-state index in [-0.39, 0.29) is 13.1 Å². The second-order valence-corrected chi connectivity index (χ2v) is 3.55. The molecule has 18 heavy (non-hydrogen) atoms. The molecule has 0 heterocycles. The zero-order valence-electron chi connectivity index (χ0n) is 9.56. The molecule has 0 amide bonds. The van der Waals surface area contributed by atoms with Gasteiger partial charge >= 0.3 is 0 Å². The van der Waals surface area contributed by atoms with Gasteiger partial charge in [-0.05, 0) is 11.1 Å². The molecule has 0 aliphatic heterocycles. The SMILES string of the molecule is N=[N+]=NCC(O)c1ccc(C(O)CN=[N+]=N)cc1. The minimum Gasteiger partial charge on any atom is -0.386 e. The first kappa shape index (κ1) is 13.8. The third-order valence-electron chi connectivity index (χ3n) is 2.36. The Balaban J connectivity index is 2.72. The molecule has 0 saturated carbocycles. The normalized spacial score (nSPS) is 13.0. The lowest BCUT2D eigenvalue weighted by Gasteiger charge is -2.09. The number of rotatable bonds is 6. The molecule has 1 aromatic carbocycles. The molecule has 94 valence electrons. The molecule has 0 radical (unpaired) electrons. The Kier molecular flexibility index (Phi) is 5.50. The van der Waals surface area contributed by atoms with Crippen molar-refractivity contribution in [3.05, 3.63) is 35.4 Å². The minimum absolute atomic E-state index is 0.0262. The van der Waals surface area contributed by atoms with Crippen LogP contribution in [-0.4, -0.2) is 23.3 Å². The second kappa shape index (κ2) is 7.16. The van der Waals surface area contributed by atoms with Gasteiger partial charge in [-0.1, -0.05) is 24.3 Å². The van der Waals surface area contributed by atoms with Gasteiger partial charge in [-0.25, -0.2) is 0 Å². The number of nitrogens with one attached hydrogen (secondary N) is 2. The molecule has 0 bridgehead atoms. The predicted octanol–water partition coefficient (Wildman–Crippen LogP) is 0.854. The van der Waals surface area contributed by atoms with Crippen molar-refractivity contribution in [3.8, 4) is 0 Å². The number of aliphatic hydroxyl groups is 2. The van der Waals surface area contributed by atoms with Crippen LogP contribution < -0.4 is 9.82 Å². The molecule has 0 spiro atoms. The summed E-state index contributed by atoms with van der Waals surface area (Å²) < 4.78 is 0. The molecule has 2 atom stereocenters. The van der Waals surface area contributed by atoms with Crippen LogP contribution in [0.2, 0.25) is 0 Å². The summed E-state index contributed by atoms with van der Waals surface area (Å²) in [6.07, 6.45) is -1.64. The van der Waals surface area contributed by atoms with E-state index in [1.807, 2.05) is 0 Å². The van der Waals surface area contributed by atoms with E-state index in [2.05, 4.69) is 20.1 Å². The highest BCUT2D eigenvalue weighted by atomic mass is 16.3. The van der Waals surface area contributed by atoms with Gasteiger partial charge in [0.2, 0.25) is 9.82 Å². The zero-order valence-corrected chi connectivity index (χ0v) is 9.56. The van der Waals surface area contributed by atoms with E-state index < -0.39 is 12.2 Å². The van der Waals surface area contributed by atoms with Crippen molar-refractivity contribution in [2.45, 2.75) is 12.2 Å². The zero-order chi connectivity index (χ0) is 13.4. The molecular formula is C10H14N6O2+2. The number of aliphatic hydroxyl groups excluding tert-OH is 2. The Morgan fingerprint density at radius 3 is 1.50 bits per heavy atom. The third-order valence-corrected chi connectivity index (χ3v) is 2.36. The summed E-state index contributed by atoms with van der Waals surface area (Å²) in [5, 5.41) is 26.1. The Morgan fingerprint density at radius 2 is 1.22 bits per heavy atom. The second-order valence-electron chi connectivity index (χ2n) is 3.55. The van der Waals surface area contributed by atoms with Gasteiger partial charge in [0.05, 0.1) is 0 Å². The summed E-state index contributed by atoms with van der Waals surface area (Å²) in [7, 11) is 0. The molecule has 0 fully saturated rings. The molecule has 8 heteroatoms. The maximum Gasteiger partial charge on any atom is 0.214 e. The Labute approximate surface area is 103 Å². The average molecular weight is 250 g/mol. The van der Waals surface area contributed by atoms with Gasteiger partial charge in [-0.3, -0.25) is 0 Å². The van der Waals surface area contributed by atoms with Crippen molar-refractivity contribution in [3.63, 3.8) is 0 Å². The van der Waals surface area contributed by atoms with Crippen molar-refractivity contribution in [2.75, 3.05) is 13.1 Å². The van der Waals surface area contributed by atoms with E-state index in [0.29, 0.717) is 11.1 Å². The number of benzene rings is 1. The van der Waals surface area contributed by atoms with E-state index in [1.165, 1.54) is 0 Å². The summed E-state index contributed by atoms with van der Waals surface area (Å²) in [4.78, 5) is 5.63. The highest BCUT2D eigenvalue weighted by Gasteiger charge is 2.12. The summed E-state index contributed by atoms with van der Waals surface area (Å²) >= 11 is 0. The molecular weight excluding hydrogens is 236 g/mol. The van der Waals surface area contributed by atoms with Gasteiger partial charge in [-0.15, -0.1) is 0 Å². The largest absolute Gasteiger partial charge is 0.386 e. The summed E-state index contributed by atoms with van der Waals surface area (Å²) in [6, 6.07) is 6.61. The van der Waals surface area contributed by atoms with Gasteiger partial charge in [0.25, 0.3) is 0 Å². The number of hydrogen-bond donors (Lipinski definition) is 4. The average Bonchev–Trinajstić information content (AvgIpc) is 2.42. The van der Waals surface area contributed by atoms with Gasteiger partial charge in [0.15, 0.2) is 13.1 Å². The predicted molar refractivity (Wildman–Crippen MR) is 60.7 cm³/mol. The quantitative estimate of drug-likeness (QED) is 0.439. The Bertz CT molecular complexity index is 431. The van der Waals surface area contributed by atoms with Crippen LogP contribution in [-0.2, 0) is 0 Å². The molecule has 0 aromatic heterocycles. The molecule has 0 saturated heterocycles. The first-order chi connectivity index (χ1) is 8.69. The molecule has 2 unspecified atom stereocenters. The van der Waals surface area contributed by atoms with E-state index in [4.69, 9.17) is 11.1 Å². The first-order valence-electron chi connectivity index (χ1n) is 5.21. The van der Waals surface area contributed by atoms with Crippen LogP contribution in [0, 0.1) is 11.1 Å². The monoisotopic (exact) mass is 250 g/mol. The summed E-state index contributed by atoms with van der Waals surface area (Å²) in [6.45, 7) is 0.0525. The maximum atomic E-state index is 9.66. The third kappa shape index (κ3) is 3.97. The first-order valence-corrected chi connectivity index (χ1v) is 5.21. The molecule has 1 rings (SSSR count). The fourth-order valence-electron chi connectivity index (χ4n) is 1.39. The summed E-state index contributed by atoms with van der Waals surface area (Å²) in [5.74, 6) is 0. The maximum absolute atomic E-state index is 9.66. The topological polar surface area (TPSA) is 141 Å². The van der Waals surface area contributed by atoms with Crippen LogP contribution in [0.5, 0.6) is 0 Å². The van der Waals surface area contributed by atoms with Crippen molar-refractivity contribution < 1.29 is 10.2 Å². The standard InChI is InChI=1S/C10H14N6O2/c11-15-13-5-9(17)7-1-2-8(4-3-7)10(18)6-14-16-12/h1-4,9-12,17-18H,5-6H2/q+2. The van der Waals surface area contributed by atoms with Crippen LogP contribution in [0.15, 0.2) is 34.5 Å². The Morgan fingerprint density at radius 1 is 0.889 bits per heavy atom. The van der Waals surface area contributed by atoms with E-state index in [0.717, 1.165) is 0 Å². The molecule has 0 aliphatic carbocycles. The minimum atomic E-state index is -0.821. The number of hydrogen-bond acceptors (Lipinski definition) is 6. The van der Waals surface area contributed by atoms with Gasteiger partial charge < -0.3 is 10.2 Å². The van der Waals surface area contributed by atoms with Crippen LogP contribution >= 0.6 is 0 Å². The molecule has 4 N–H and O–H groups in total. The lowest BCUT2D eigenvalue weighted by atomic mass is 10.0. The van der Waals surface area contributed by atoms with Crippen LogP contribution in [0.4, 0.5) is 0 Å². The van der Waals surface area contributed by atoms with E-state index in [9.17, 15) is 10.2 Å². The van der Waals surface area contributed by atoms with Crippen LogP contribution in [0.3, 0.4) is 0 Å². The van der Waals surface area contributed by atoms with Crippen LogP contribution in [0.1, 0.15) is 23.3 Å². The highest BCUT2D eigenvalue weighted by molar-refractivity contribution is 5.26. The number of nitrogens with zero attached hydrogens (tertiary/aromatic N) is 4. The fraction of sp³-hybridized carbons (Fsp3) is 0.400. The van der Waals surface area contributed by atoms with Gasteiger partial charge in [0.1, 0.15) is 33.5 Å². The molecule has 1 aromatic rings. The van der Waals surface area contributed by atoms with Gasteiger partial charge in [-0.2, -0.15) is 0 Å². The van der Waals surface area contributed by atoms with Crippen molar-refractivity contribution in [2.24, 2.45) is 10.2 Å². The van der Waals surface area contributed by atoms with E-state index in [1.54, 1.807) is 24.3 Å². The lowest BCUT2D eigenvalue weighted by Crippen LogP contribution is -2.04. The smallest absolute Gasteiger partial charge is 0.214 e. The molecule has 8 nitrogen and oxygen atoms in total. The van der Waals surface area contributed by atoms with Crippen LogP contribution in [0.25, 0.3) is 0 Å². The van der Waals surface area contributed by atoms with Gasteiger partial charge in [0, 0.05) is 0 Å². The lowest BCUT2D eigenvalue weighted by molar-refractivity contribution is 0.181. The Hall–Kier alpha value is -2.24. The summed E-state index contributed by atoms with van der Waals surface area (Å²) in [5.41, 5.74) is 14.2. The molecule has 0 aliphatic rings. The highest BCUT2D eigenvalue weighted by Crippen LogP contribution is 2.18. The van der Waals surface area contributed by atoms with Crippen molar-refractivity contribution >= 4 is 0 Å². The van der Waals surface area contributed by atoms with Crippen molar-refractivity contribution in [1.29, 1.82) is 11.1 Å². The fourth-order valence-corrected chi connectivity index (χ4v) is 1.39.